The van der Waals surface area contributed by atoms with Crippen LogP contribution in [-0.4, -0.2) is 22.3 Å². The third kappa shape index (κ3) is 4.18. The zero-order valence-electron chi connectivity index (χ0n) is 9.13. The molecule has 1 heterocycles. The van der Waals surface area contributed by atoms with Gasteiger partial charge in [-0.25, -0.2) is 0 Å². The van der Waals surface area contributed by atoms with Crippen molar-refractivity contribution in [2.24, 2.45) is 0 Å². The molecule has 1 aromatic heterocycles. The van der Waals surface area contributed by atoms with Gasteiger partial charge in [-0.1, -0.05) is 22.9 Å². The molecule has 0 radical (unpaired) electrons. The monoisotopic (exact) mass is 286 g/mol. The van der Waals surface area contributed by atoms with Crippen molar-refractivity contribution in [2.45, 2.75) is 24.6 Å². The number of amides is 1. The number of alkyl halides is 1. The highest BCUT2D eigenvalue weighted by molar-refractivity contribution is 9.09. The molecule has 1 amide bonds. The number of carbonyl (C=O) groups excluding carboxylic acids is 1. The SMILES string of the molecule is CCC(Br)CCNC(=O)c1cc[nH]c(=O)c1. The van der Waals surface area contributed by atoms with E-state index >= 15 is 0 Å². The van der Waals surface area contributed by atoms with Crippen molar-refractivity contribution in [3.05, 3.63) is 34.2 Å². The van der Waals surface area contributed by atoms with Gasteiger partial charge in [0, 0.05) is 29.2 Å². The van der Waals surface area contributed by atoms with Gasteiger partial charge in [-0.3, -0.25) is 9.59 Å². The first kappa shape index (κ1) is 13.0. The molecule has 0 aliphatic rings. The lowest BCUT2D eigenvalue weighted by atomic mass is 10.2. The fourth-order valence-electron chi connectivity index (χ4n) is 1.23. The van der Waals surface area contributed by atoms with Crippen LogP contribution in [0.15, 0.2) is 23.1 Å². The first-order valence-corrected chi connectivity index (χ1v) is 6.16. The number of pyridine rings is 1. The largest absolute Gasteiger partial charge is 0.352 e. The summed E-state index contributed by atoms with van der Waals surface area (Å²) >= 11 is 3.49. The topological polar surface area (TPSA) is 62.0 Å². The fourth-order valence-corrected chi connectivity index (χ4v) is 1.46. The van der Waals surface area contributed by atoms with Gasteiger partial charge in [0.25, 0.3) is 5.91 Å². The zero-order valence-corrected chi connectivity index (χ0v) is 10.7. The molecule has 0 saturated heterocycles. The number of H-pyrrole nitrogens is 1. The maximum Gasteiger partial charge on any atom is 0.251 e. The van der Waals surface area contributed by atoms with Crippen molar-refractivity contribution in [1.29, 1.82) is 0 Å². The molecular weight excluding hydrogens is 272 g/mol. The number of hydrogen-bond donors (Lipinski definition) is 2. The first-order chi connectivity index (χ1) is 7.63. The minimum atomic E-state index is -0.264. The van der Waals surface area contributed by atoms with Crippen molar-refractivity contribution in [3.63, 3.8) is 0 Å². The predicted molar refractivity (Wildman–Crippen MR) is 67.0 cm³/mol. The minimum Gasteiger partial charge on any atom is -0.352 e. The summed E-state index contributed by atoms with van der Waals surface area (Å²) in [5, 5.41) is 2.77. The number of nitrogens with one attached hydrogen (secondary N) is 2. The van der Waals surface area contributed by atoms with Crippen molar-refractivity contribution in [3.8, 4) is 0 Å². The van der Waals surface area contributed by atoms with E-state index in [4.69, 9.17) is 0 Å². The Balaban J connectivity index is 2.44. The maximum absolute atomic E-state index is 11.6. The molecule has 4 nitrogen and oxygen atoms in total. The van der Waals surface area contributed by atoms with Crippen LogP contribution >= 0.6 is 15.9 Å². The quantitative estimate of drug-likeness (QED) is 0.809. The number of aromatic nitrogens is 1. The maximum atomic E-state index is 11.6. The zero-order chi connectivity index (χ0) is 12.0. The third-order valence-electron chi connectivity index (χ3n) is 2.22. The summed E-state index contributed by atoms with van der Waals surface area (Å²) in [6, 6.07) is 2.88. The Morgan fingerprint density at radius 1 is 1.62 bits per heavy atom. The van der Waals surface area contributed by atoms with Gasteiger partial charge in [-0.15, -0.1) is 0 Å². The number of aromatic amines is 1. The molecule has 1 rings (SSSR count). The number of halogens is 1. The van der Waals surface area contributed by atoms with E-state index in [2.05, 4.69) is 33.2 Å². The normalized spacial score (nSPS) is 12.1. The van der Waals surface area contributed by atoms with Gasteiger partial charge < -0.3 is 10.3 Å². The fraction of sp³-hybridized carbons (Fsp3) is 0.455. The Labute approximate surface area is 103 Å². The van der Waals surface area contributed by atoms with Gasteiger partial charge in [0.05, 0.1) is 0 Å². The first-order valence-electron chi connectivity index (χ1n) is 5.24. The van der Waals surface area contributed by atoms with Gasteiger partial charge in [0.15, 0.2) is 0 Å². The highest BCUT2D eigenvalue weighted by Crippen LogP contribution is 2.07. The molecule has 0 bridgehead atoms. The van der Waals surface area contributed by atoms with E-state index in [1.165, 1.54) is 12.3 Å². The van der Waals surface area contributed by atoms with E-state index in [0.29, 0.717) is 16.9 Å². The Morgan fingerprint density at radius 3 is 3.00 bits per heavy atom. The van der Waals surface area contributed by atoms with Crippen molar-refractivity contribution in [2.75, 3.05) is 6.54 Å². The van der Waals surface area contributed by atoms with Crippen LogP contribution < -0.4 is 10.9 Å². The van der Waals surface area contributed by atoms with E-state index in [0.717, 1.165) is 12.8 Å². The summed E-state index contributed by atoms with van der Waals surface area (Å²) < 4.78 is 0. The van der Waals surface area contributed by atoms with Crippen molar-refractivity contribution in [1.82, 2.24) is 10.3 Å². The van der Waals surface area contributed by atoms with Crippen LogP contribution in [0, 0.1) is 0 Å². The highest BCUT2D eigenvalue weighted by atomic mass is 79.9. The second-order valence-electron chi connectivity index (χ2n) is 3.49. The molecule has 16 heavy (non-hydrogen) atoms. The second-order valence-corrected chi connectivity index (χ2v) is 4.79. The summed E-state index contributed by atoms with van der Waals surface area (Å²) in [6.07, 6.45) is 3.38. The van der Waals surface area contributed by atoms with Gasteiger partial charge in [-0.05, 0) is 18.9 Å². The molecular formula is C11H15BrN2O2. The molecule has 0 spiro atoms. The molecule has 88 valence electrons. The summed E-state index contributed by atoms with van der Waals surface area (Å²) in [7, 11) is 0. The molecule has 1 atom stereocenters. The lowest BCUT2D eigenvalue weighted by Gasteiger charge is -2.07. The average molecular weight is 287 g/mol. The predicted octanol–water partition coefficient (Wildman–Crippen LogP) is 1.67. The Kier molecular flexibility index (Phi) is 5.25. The summed E-state index contributed by atoms with van der Waals surface area (Å²) in [5.74, 6) is -0.207. The van der Waals surface area contributed by atoms with Crippen LogP contribution in [0.25, 0.3) is 0 Å². The number of hydrogen-bond acceptors (Lipinski definition) is 2. The van der Waals surface area contributed by atoms with Gasteiger partial charge in [-0.2, -0.15) is 0 Å². The summed E-state index contributed by atoms with van der Waals surface area (Å²) in [6.45, 7) is 2.69. The van der Waals surface area contributed by atoms with Crippen molar-refractivity contribution >= 4 is 21.8 Å². The van der Waals surface area contributed by atoms with Crippen LogP contribution in [0.5, 0.6) is 0 Å². The molecule has 1 unspecified atom stereocenters. The van der Waals surface area contributed by atoms with E-state index in [-0.39, 0.29) is 11.5 Å². The second kappa shape index (κ2) is 6.48. The van der Waals surface area contributed by atoms with Crippen LogP contribution in [0.3, 0.4) is 0 Å². The van der Waals surface area contributed by atoms with Crippen molar-refractivity contribution < 1.29 is 4.79 Å². The molecule has 0 aliphatic heterocycles. The number of rotatable bonds is 5. The summed E-state index contributed by atoms with van der Waals surface area (Å²) in [5.41, 5.74) is 0.131. The highest BCUT2D eigenvalue weighted by Gasteiger charge is 2.06. The Bertz CT molecular complexity index is 403. The Hall–Kier alpha value is -1.10. The van der Waals surface area contributed by atoms with Gasteiger partial charge in [0.1, 0.15) is 0 Å². The smallest absolute Gasteiger partial charge is 0.251 e. The average Bonchev–Trinajstić information content (AvgIpc) is 2.28. The van der Waals surface area contributed by atoms with Crippen LogP contribution in [-0.2, 0) is 0 Å². The van der Waals surface area contributed by atoms with E-state index < -0.39 is 0 Å². The molecule has 2 N–H and O–H groups in total. The molecule has 0 fully saturated rings. The third-order valence-corrected chi connectivity index (χ3v) is 3.33. The molecule has 1 aromatic rings. The molecule has 0 saturated carbocycles. The standard InChI is InChI=1S/C11H15BrN2O2/c1-2-9(12)4-6-14-11(16)8-3-5-13-10(15)7-8/h3,5,7,9H,2,4,6H2,1H3,(H,13,15)(H,14,16). The molecule has 0 aliphatic carbocycles. The van der Waals surface area contributed by atoms with Gasteiger partial charge in [0.2, 0.25) is 5.56 Å². The summed E-state index contributed by atoms with van der Waals surface area (Å²) in [4.78, 5) is 25.5. The van der Waals surface area contributed by atoms with E-state index in [1.807, 2.05) is 0 Å². The molecule has 0 aromatic carbocycles. The van der Waals surface area contributed by atoms with E-state index in [9.17, 15) is 9.59 Å². The van der Waals surface area contributed by atoms with Crippen LogP contribution in [0.4, 0.5) is 0 Å². The lowest BCUT2D eigenvalue weighted by molar-refractivity contribution is 0.0953. The van der Waals surface area contributed by atoms with Gasteiger partial charge >= 0.3 is 0 Å². The number of carbonyl (C=O) groups is 1. The van der Waals surface area contributed by atoms with Crippen LogP contribution in [0.2, 0.25) is 0 Å². The van der Waals surface area contributed by atoms with E-state index in [1.54, 1.807) is 6.07 Å². The lowest BCUT2D eigenvalue weighted by Crippen LogP contribution is -2.27. The molecule has 5 heteroatoms. The minimum absolute atomic E-state index is 0.207. The Morgan fingerprint density at radius 2 is 2.38 bits per heavy atom. The van der Waals surface area contributed by atoms with Crippen LogP contribution in [0.1, 0.15) is 30.1 Å².